The Morgan fingerprint density at radius 3 is 2.34 bits per heavy atom. The van der Waals surface area contributed by atoms with Crippen LogP contribution < -0.4 is 4.90 Å². The van der Waals surface area contributed by atoms with Gasteiger partial charge in [-0.05, 0) is 166 Å². The summed E-state index contributed by atoms with van der Waals surface area (Å²) in [5.74, 6) is 4.82. The van der Waals surface area contributed by atoms with Gasteiger partial charge in [0.25, 0.3) is 0 Å². The van der Waals surface area contributed by atoms with E-state index in [9.17, 15) is 0 Å². The highest BCUT2D eigenvalue weighted by molar-refractivity contribution is 5.64. The van der Waals surface area contributed by atoms with E-state index < -0.39 is 0 Å². The molecule has 0 bridgehead atoms. The van der Waals surface area contributed by atoms with Crippen LogP contribution in [0.1, 0.15) is 123 Å². The maximum Gasteiger partial charge on any atom is 0.0580 e. The Bertz CT molecular complexity index is 2150. The van der Waals surface area contributed by atoms with E-state index in [0.29, 0.717) is 23.8 Å². The number of rotatable bonds is 7. The molecule has 0 saturated heterocycles. The summed E-state index contributed by atoms with van der Waals surface area (Å²) in [5, 5.41) is 0. The number of nitrogens with zero attached hydrogens (tertiary/aromatic N) is 2. The zero-order chi connectivity index (χ0) is 39.5. The fourth-order valence-electron chi connectivity index (χ4n) is 14.6. The third-order valence-corrected chi connectivity index (χ3v) is 17.5. The van der Waals surface area contributed by atoms with Crippen molar-refractivity contribution < 1.29 is 0 Å². The fourth-order valence-corrected chi connectivity index (χ4v) is 14.6. The lowest BCUT2D eigenvalue weighted by molar-refractivity contribution is 0.0663. The molecule has 11 rings (SSSR count). The Labute approximate surface area is 356 Å². The molecular weight excluding hydrogens is 713 g/mol. The van der Waals surface area contributed by atoms with Crippen molar-refractivity contribution in [2.24, 2.45) is 46.8 Å². The number of fused-ring (bicyclic) bond motifs is 5. The van der Waals surface area contributed by atoms with E-state index in [1.807, 2.05) is 5.57 Å². The first kappa shape index (κ1) is 37.9. The highest BCUT2D eigenvalue weighted by Crippen LogP contribution is 2.70. The van der Waals surface area contributed by atoms with Crippen LogP contribution in [0.2, 0.25) is 0 Å². The number of benzene rings is 1. The summed E-state index contributed by atoms with van der Waals surface area (Å²) >= 11 is 0. The highest BCUT2D eigenvalue weighted by Gasteiger charge is 2.62. The molecule has 1 aliphatic heterocycles. The van der Waals surface area contributed by atoms with Crippen LogP contribution in [-0.4, -0.2) is 17.0 Å². The standard InChI is InChI=1S/C57H68N2/c1-39-35-51-49-33-32-48(38-54(49)57(53(51)36-40(39)2,43-17-7-3-8-18-43)44-19-9-4-10-20-44)58(45-21-11-5-12-22-45)47-30-27-41(28-31-47)42-29-34-56-52(37-42)50-25-15-16-26-55(50)59(56)46-23-13-6-14-24-46/h3,5,7-8,11-12,15-17,19,21-22,25-27,30,32,37-40,43,46,49-51,53,55H,4,6,9-10,13-14,18,20,23-24,28-29,31,33-36H2,1-2H3. The van der Waals surface area contributed by atoms with E-state index in [1.54, 1.807) is 28.0 Å². The molecule has 1 heterocycles. The van der Waals surface area contributed by atoms with E-state index in [2.05, 4.69) is 139 Å². The molecule has 306 valence electrons. The topological polar surface area (TPSA) is 6.48 Å². The highest BCUT2D eigenvalue weighted by atomic mass is 15.2. The van der Waals surface area contributed by atoms with Gasteiger partial charge in [0.05, 0.1) is 6.04 Å². The zero-order valence-corrected chi connectivity index (χ0v) is 36.1. The van der Waals surface area contributed by atoms with Gasteiger partial charge in [0, 0.05) is 40.2 Å². The number of hydrogen-bond donors (Lipinski definition) is 0. The molecule has 9 atom stereocenters. The molecule has 1 aromatic carbocycles. The van der Waals surface area contributed by atoms with E-state index >= 15 is 0 Å². The van der Waals surface area contributed by atoms with Gasteiger partial charge < -0.3 is 9.80 Å². The van der Waals surface area contributed by atoms with Gasteiger partial charge in [0.2, 0.25) is 0 Å². The van der Waals surface area contributed by atoms with Crippen molar-refractivity contribution in [2.45, 2.75) is 135 Å². The fraction of sp³-hybridized carbons (Fsp3) is 0.509. The summed E-state index contributed by atoms with van der Waals surface area (Å²) in [6, 6.07) is 12.6. The lowest BCUT2D eigenvalue weighted by atomic mass is 9.54. The Morgan fingerprint density at radius 2 is 1.54 bits per heavy atom. The Kier molecular flexibility index (Phi) is 10.1. The first-order valence-electron chi connectivity index (χ1n) is 24.4. The average Bonchev–Trinajstić information content (AvgIpc) is 3.77. The van der Waals surface area contributed by atoms with Gasteiger partial charge >= 0.3 is 0 Å². The van der Waals surface area contributed by atoms with Crippen molar-refractivity contribution in [1.82, 2.24) is 4.90 Å². The van der Waals surface area contributed by atoms with Gasteiger partial charge in [-0.25, -0.2) is 0 Å². The molecule has 2 nitrogen and oxygen atoms in total. The summed E-state index contributed by atoms with van der Waals surface area (Å²) in [4.78, 5) is 5.58. The van der Waals surface area contributed by atoms with Crippen LogP contribution in [0.15, 0.2) is 160 Å². The molecule has 10 aliphatic rings. The molecule has 2 heteroatoms. The monoisotopic (exact) mass is 781 g/mol. The van der Waals surface area contributed by atoms with Gasteiger partial charge in [-0.3, -0.25) is 0 Å². The largest absolute Gasteiger partial charge is 0.364 e. The van der Waals surface area contributed by atoms with Crippen molar-refractivity contribution in [3.63, 3.8) is 0 Å². The molecular formula is C57H68N2. The normalized spacial score (nSPS) is 36.4. The summed E-state index contributed by atoms with van der Waals surface area (Å²) < 4.78 is 0. The molecule has 59 heavy (non-hydrogen) atoms. The second kappa shape index (κ2) is 15.8. The lowest BCUT2D eigenvalue weighted by Crippen LogP contribution is -2.42. The molecule has 1 aromatic rings. The minimum absolute atomic E-state index is 0.136. The summed E-state index contributed by atoms with van der Waals surface area (Å²) in [7, 11) is 0. The SMILES string of the molecule is CC1CC2C3CC=C(N(C4=CC=C(C5=CC6=C(CC5)N(C5CCCCC5)C5C=CC=CC65)CC4)c4ccccc4)C=C3C(C3=CCCCC3)(C3C=CC=CC3)C2CC1C. The molecule has 0 amide bonds. The summed E-state index contributed by atoms with van der Waals surface area (Å²) in [5.41, 5.74) is 14.4. The molecule has 3 saturated carbocycles. The van der Waals surface area contributed by atoms with Crippen molar-refractivity contribution in [1.29, 1.82) is 0 Å². The van der Waals surface area contributed by atoms with Crippen LogP contribution in [0.25, 0.3) is 0 Å². The Morgan fingerprint density at radius 1 is 0.712 bits per heavy atom. The van der Waals surface area contributed by atoms with Crippen molar-refractivity contribution in [2.75, 3.05) is 4.90 Å². The van der Waals surface area contributed by atoms with E-state index in [4.69, 9.17) is 0 Å². The van der Waals surface area contributed by atoms with Crippen LogP contribution in [0.3, 0.4) is 0 Å². The van der Waals surface area contributed by atoms with E-state index in [-0.39, 0.29) is 5.41 Å². The zero-order valence-electron chi connectivity index (χ0n) is 36.1. The molecule has 0 aromatic heterocycles. The molecule has 9 unspecified atom stereocenters. The van der Waals surface area contributed by atoms with E-state index in [1.165, 1.54) is 113 Å². The second-order valence-corrected chi connectivity index (χ2v) is 20.3. The number of hydrogen-bond acceptors (Lipinski definition) is 2. The minimum atomic E-state index is 0.136. The maximum atomic E-state index is 2.90. The Hall–Kier alpha value is -4.04. The van der Waals surface area contributed by atoms with Gasteiger partial charge in [0.1, 0.15) is 0 Å². The predicted octanol–water partition coefficient (Wildman–Crippen LogP) is 14.6. The second-order valence-electron chi connectivity index (χ2n) is 20.3. The number of allylic oxidation sites excluding steroid dienone is 18. The molecule has 0 radical (unpaired) electrons. The van der Waals surface area contributed by atoms with Crippen molar-refractivity contribution >= 4 is 5.69 Å². The minimum Gasteiger partial charge on any atom is -0.364 e. The van der Waals surface area contributed by atoms with Gasteiger partial charge in [-0.2, -0.15) is 0 Å². The maximum absolute atomic E-state index is 2.90. The average molecular weight is 781 g/mol. The summed E-state index contributed by atoms with van der Waals surface area (Å²) in [6.45, 7) is 5.14. The molecule has 3 fully saturated rings. The van der Waals surface area contributed by atoms with Crippen LogP contribution in [0.4, 0.5) is 5.69 Å². The Balaban J connectivity index is 0.965. The third kappa shape index (κ3) is 6.39. The molecule has 0 spiro atoms. The first-order chi connectivity index (χ1) is 29.1. The number of anilines is 1. The van der Waals surface area contributed by atoms with Crippen molar-refractivity contribution in [3.05, 3.63) is 160 Å². The van der Waals surface area contributed by atoms with E-state index in [0.717, 1.165) is 42.6 Å². The predicted molar refractivity (Wildman–Crippen MR) is 247 cm³/mol. The van der Waals surface area contributed by atoms with Crippen LogP contribution >= 0.6 is 0 Å². The van der Waals surface area contributed by atoms with Crippen LogP contribution in [0.5, 0.6) is 0 Å². The van der Waals surface area contributed by atoms with Crippen LogP contribution in [0, 0.1) is 46.8 Å². The van der Waals surface area contributed by atoms with Gasteiger partial charge in [-0.15, -0.1) is 0 Å². The van der Waals surface area contributed by atoms with Crippen molar-refractivity contribution in [3.8, 4) is 0 Å². The lowest BCUT2D eigenvalue weighted by Gasteiger charge is -2.50. The van der Waals surface area contributed by atoms with Crippen LogP contribution in [-0.2, 0) is 0 Å². The molecule has 0 N–H and O–H groups in total. The summed E-state index contributed by atoms with van der Waals surface area (Å²) in [6.07, 6.45) is 57.2. The number of para-hydroxylation sites is 1. The van der Waals surface area contributed by atoms with Gasteiger partial charge in [-0.1, -0.05) is 135 Å². The quantitative estimate of drug-likeness (QED) is 0.254. The first-order valence-corrected chi connectivity index (χ1v) is 24.4. The molecule has 9 aliphatic carbocycles. The van der Waals surface area contributed by atoms with Gasteiger partial charge in [0.15, 0.2) is 0 Å². The third-order valence-electron chi connectivity index (χ3n) is 17.5. The smallest absolute Gasteiger partial charge is 0.0580 e.